The summed E-state index contributed by atoms with van der Waals surface area (Å²) in [5, 5.41) is 0. The molecule has 1 fully saturated rings. The normalized spacial score (nSPS) is 19.1. The minimum atomic E-state index is 0.886. The van der Waals surface area contributed by atoms with Crippen molar-refractivity contribution in [2.45, 2.75) is 84.0 Å². The average molecular weight is 287 g/mol. The van der Waals surface area contributed by atoms with Crippen molar-refractivity contribution in [1.82, 2.24) is 0 Å². The molecule has 1 heteroatoms. The molecule has 1 aliphatic carbocycles. The van der Waals surface area contributed by atoms with Crippen LogP contribution in [0.2, 0.25) is 0 Å². The van der Waals surface area contributed by atoms with E-state index in [0.29, 0.717) is 0 Å². The summed E-state index contributed by atoms with van der Waals surface area (Å²) in [6.07, 6.45) is 16.8. The number of anilines is 1. The van der Waals surface area contributed by atoms with E-state index in [1.54, 1.807) is 5.56 Å². The number of hydrogen-bond acceptors (Lipinski definition) is 1. The lowest BCUT2D eigenvalue weighted by molar-refractivity contribution is 0.411. The fourth-order valence-corrected chi connectivity index (χ4v) is 3.76. The predicted molar refractivity (Wildman–Crippen MR) is 93.6 cm³/mol. The lowest BCUT2D eigenvalue weighted by Crippen LogP contribution is -2.07. The van der Waals surface area contributed by atoms with Crippen molar-refractivity contribution in [3.8, 4) is 0 Å². The quantitative estimate of drug-likeness (QED) is 0.688. The topological polar surface area (TPSA) is 26.0 Å². The van der Waals surface area contributed by atoms with Gasteiger partial charge >= 0.3 is 0 Å². The van der Waals surface area contributed by atoms with E-state index < -0.39 is 0 Å². The number of benzene rings is 1. The molecule has 118 valence electrons. The van der Waals surface area contributed by atoms with Crippen LogP contribution in [0.3, 0.4) is 0 Å². The highest BCUT2D eigenvalue weighted by atomic mass is 14.5. The molecule has 0 amide bonds. The molecule has 0 bridgehead atoms. The molecule has 2 rings (SSSR count). The highest BCUT2D eigenvalue weighted by Gasteiger charge is 2.13. The zero-order chi connectivity index (χ0) is 14.9. The van der Waals surface area contributed by atoms with Gasteiger partial charge in [0.05, 0.1) is 0 Å². The lowest BCUT2D eigenvalue weighted by Gasteiger charge is -2.19. The molecule has 21 heavy (non-hydrogen) atoms. The SMILES string of the molecule is CCc1cc(N)ccc1CC1CCCCCCCCCC1. The molecule has 1 nitrogen and oxygen atoms in total. The summed E-state index contributed by atoms with van der Waals surface area (Å²) in [6.45, 7) is 2.25. The number of rotatable bonds is 3. The van der Waals surface area contributed by atoms with Crippen LogP contribution in [0, 0.1) is 5.92 Å². The van der Waals surface area contributed by atoms with E-state index in [1.807, 2.05) is 0 Å². The van der Waals surface area contributed by atoms with Crippen molar-refractivity contribution in [2.24, 2.45) is 5.92 Å². The van der Waals surface area contributed by atoms with E-state index in [1.165, 1.54) is 76.2 Å². The van der Waals surface area contributed by atoms with Crippen LogP contribution < -0.4 is 5.73 Å². The Morgan fingerprint density at radius 3 is 2.00 bits per heavy atom. The van der Waals surface area contributed by atoms with Crippen molar-refractivity contribution in [3.05, 3.63) is 29.3 Å². The van der Waals surface area contributed by atoms with Crippen LogP contribution >= 0.6 is 0 Å². The third kappa shape index (κ3) is 5.73. The van der Waals surface area contributed by atoms with Gasteiger partial charge in [-0.2, -0.15) is 0 Å². The first-order valence-corrected chi connectivity index (χ1v) is 9.17. The van der Waals surface area contributed by atoms with Gasteiger partial charge in [-0.25, -0.2) is 0 Å². The number of nitrogen functional groups attached to an aromatic ring is 1. The van der Waals surface area contributed by atoms with Gasteiger partial charge in [0.25, 0.3) is 0 Å². The van der Waals surface area contributed by atoms with Gasteiger partial charge in [-0.05, 0) is 42.0 Å². The van der Waals surface area contributed by atoms with Gasteiger partial charge in [0.2, 0.25) is 0 Å². The summed E-state index contributed by atoms with van der Waals surface area (Å²) in [5.74, 6) is 0.886. The first-order chi connectivity index (χ1) is 10.3. The van der Waals surface area contributed by atoms with Gasteiger partial charge in [0.15, 0.2) is 0 Å². The van der Waals surface area contributed by atoms with Crippen molar-refractivity contribution >= 4 is 5.69 Å². The maximum atomic E-state index is 5.94. The molecular weight excluding hydrogens is 254 g/mol. The molecular formula is C20H33N. The first-order valence-electron chi connectivity index (χ1n) is 9.17. The Bertz CT molecular complexity index is 398. The van der Waals surface area contributed by atoms with Gasteiger partial charge in [-0.3, -0.25) is 0 Å². The number of aryl methyl sites for hydroxylation is 1. The Balaban J connectivity index is 1.97. The van der Waals surface area contributed by atoms with Crippen LogP contribution in [-0.4, -0.2) is 0 Å². The largest absolute Gasteiger partial charge is 0.399 e. The minimum absolute atomic E-state index is 0.886. The van der Waals surface area contributed by atoms with Gasteiger partial charge in [0, 0.05) is 5.69 Å². The molecule has 1 aromatic carbocycles. The van der Waals surface area contributed by atoms with Crippen molar-refractivity contribution in [2.75, 3.05) is 5.73 Å². The second-order valence-electron chi connectivity index (χ2n) is 6.86. The summed E-state index contributed by atoms with van der Waals surface area (Å²) in [4.78, 5) is 0. The Kier molecular flexibility index (Phi) is 7.12. The number of hydrogen-bond donors (Lipinski definition) is 1. The zero-order valence-corrected chi connectivity index (χ0v) is 13.9. The molecule has 1 aliphatic rings. The van der Waals surface area contributed by atoms with Crippen LogP contribution in [0.25, 0.3) is 0 Å². The van der Waals surface area contributed by atoms with Gasteiger partial charge in [-0.1, -0.05) is 77.2 Å². The molecule has 0 saturated heterocycles. The molecule has 1 saturated carbocycles. The first kappa shape index (κ1) is 16.4. The maximum Gasteiger partial charge on any atom is 0.0316 e. The fraction of sp³-hybridized carbons (Fsp3) is 0.700. The van der Waals surface area contributed by atoms with E-state index in [-0.39, 0.29) is 0 Å². The average Bonchev–Trinajstić information content (AvgIpc) is 2.55. The van der Waals surface area contributed by atoms with Crippen LogP contribution in [0.15, 0.2) is 18.2 Å². The predicted octanol–water partition coefficient (Wildman–Crippen LogP) is 5.90. The van der Waals surface area contributed by atoms with Crippen LogP contribution in [0.1, 0.15) is 82.3 Å². The molecule has 1 aromatic rings. The van der Waals surface area contributed by atoms with Gasteiger partial charge in [0.1, 0.15) is 0 Å². The third-order valence-corrected chi connectivity index (χ3v) is 5.09. The summed E-state index contributed by atoms with van der Waals surface area (Å²) in [5.41, 5.74) is 9.86. The maximum absolute atomic E-state index is 5.94. The standard InChI is InChI=1S/C20H33N/c1-2-18-16-20(21)14-13-19(18)15-17-11-9-7-5-3-4-6-8-10-12-17/h13-14,16-17H,2-12,15,21H2,1H3. The summed E-state index contributed by atoms with van der Waals surface area (Å²) >= 11 is 0. The van der Waals surface area contributed by atoms with Crippen LogP contribution in [-0.2, 0) is 12.8 Å². The summed E-state index contributed by atoms with van der Waals surface area (Å²) in [7, 11) is 0. The Hall–Kier alpha value is -0.980. The van der Waals surface area contributed by atoms with E-state index in [2.05, 4.69) is 25.1 Å². The molecule has 0 atom stereocenters. The van der Waals surface area contributed by atoms with Gasteiger partial charge in [-0.15, -0.1) is 0 Å². The molecule has 2 N–H and O–H groups in total. The smallest absolute Gasteiger partial charge is 0.0316 e. The van der Waals surface area contributed by atoms with Crippen LogP contribution in [0.4, 0.5) is 5.69 Å². The van der Waals surface area contributed by atoms with Gasteiger partial charge < -0.3 is 5.73 Å². The Morgan fingerprint density at radius 1 is 0.857 bits per heavy atom. The van der Waals surface area contributed by atoms with E-state index in [0.717, 1.165) is 18.0 Å². The molecule has 0 unspecified atom stereocenters. The molecule has 0 radical (unpaired) electrons. The highest BCUT2D eigenvalue weighted by Crippen LogP contribution is 2.26. The van der Waals surface area contributed by atoms with Crippen molar-refractivity contribution in [1.29, 1.82) is 0 Å². The van der Waals surface area contributed by atoms with E-state index in [9.17, 15) is 0 Å². The van der Waals surface area contributed by atoms with E-state index >= 15 is 0 Å². The zero-order valence-electron chi connectivity index (χ0n) is 13.9. The second kappa shape index (κ2) is 9.12. The highest BCUT2D eigenvalue weighted by molar-refractivity contribution is 5.45. The Labute approximate surface area is 131 Å². The van der Waals surface area contributed by atoms with Crippen LogP contribution in [0.5, 0.6) is 0 Å². The minimum Gasteiger partial charge on any atom is -0.399 e. The van der Waals surface area contributed by atoms with Crippen molar-refractivity contribution < 1.29 is 0 Å². The molecule has 0 aromatic heterocycles. The Morgan fingerprint density at radius 2 is 1.43 bits per heavy atom. The second-order valence-corrected chi connectivity index (χ2v) is 6.86. The monoisotopic (exact) mass is 287 g/mol. The summed E-state index contributed by atoms with van der Waals surface area (Å²) in [6, 6.07) is 6.54. The number of nitrogens with two attached hydrogens (primary N) is 1. The molecule has 0 aliphatic heterocycles. The summed E-state index contributed by atoms with van der Waals surface area (Å²) < 4.78 is 0. The fourth-order valence-electron chi connectivity index (χ4n) is 3.76. The molecule has 0 spiro atoms. The lowest BCUT2D eigenvalue weighted by atomic mass is 9.87. The molecule has 0 heterocycles. The van der Waals surface area contributed by atoms with Crippen molar-refractivity contribution in [3.63, 3.8) is 0 Å². The third-order valence-electron chi connectivity index (χ3n) is 5.09. The van der Waals surface area contributed by atoms with E-state index in [4.69, 9.17) is 5.73 Å².